The number of rotatable bonds is 9. The van der Waals surface area contributed by atoms with Gasteiger partial charge < -0.3 is 18.6 Å². The van der Waals surface area contributed by atoms with Crippen LogP contribution in [-0.2, 0) is 9.16 Å². The lowest BCUT2D eigenvalue weighted by Crippen LogP contribution is -2.41. The lowest BCUT2D eigenvalue weighted by atomic mass is 9.97. The minimum atomic E-state index is -2.02. The first-order valence-corrected chi connectivity index (χ1v) is 13.0. The Balaban J connectivity index is 2.57. The monoisotopic (exact) mass is 430 g/mol. The molecule has 0 aliphatic rings. The molecule has 0 saturated heterocycles. The highest BCUT2D eigenvalue weighted by Gasteiger charge is 2.39. The van der Waals surface area contributed by atoms with E-state index in [9.17, 15) is 4.79 Å². The van der Waals surface area contributed by atoms with Gasteiger partial charge in [-0.25, -0.2) is 0 Å². The summed E-state index contributed by atoms with van der Waals surface area (Å²) in [5.41, 5.74) is 1.77. The molecular weight excluding hydrogens is 396 g/mol. The Morgan fingerprint density at radius 1 is 1.03 bits per heavy atom. The molecule has 0 spiro atoms. The molecule has 30 heavy (non-hydrogen) atoms. The van der Waals surface area contributed by atoms with Gasteiger partial charge in [-0.15, -0.1) is 0 Å². The molecule has 0 amide bonds. The minimum absolute atomic E-state index is 0.0353. The average molecular weight is 431 g/mol. The lowest BCUT2D eigenvalue weighted by molar-refractivity contribution is 0.0501. The van der Waals surface area contributed by atoms with Crippen LogP contribution < -0.4 is 9.47 Å². The molecule has 6 heteroatoms. The van der Waals surface area contributed by atoms with E-state index in [1.165, 1.54) is 0 Å². The molecule has 0 N–H and O–H groups in total. The van der Waals surface area contributed by atoms with Crippen LogP contribution >= 0.6 is 0 Å². The van der Waals surface area contributed by atoms with Crippen molar-refractivity contribution < 1.29 is 23.4 Å². The number of benzene rings is 2. The molecule has 0 bridgehead atoms. The first-order chi connectivity index (χ1) is 14.0. The van der Waals surface area contributed by atoms with Crippen LogP contribution in [0.3, 0.4) is 0 Å². The highest BCUT2D eigenvalue weighted by molar-refractivity contribution is 6.74. The van der Waals surface area contributed by atoms with Gasteiger partial charge in [0.05, 0.1) is 13.2 Å². The number of hydrogen-bond acceptors (Lipinski definition) is 5. The molecular formula is C24H34O5Si. The third-order valence-electron chi connectivity index (χ3n) is 5.66. The maximum atomic E-state index is 13.4. The number of methoxy groups -OCH3 is 2. The van der Waals surface area contributed by atoms with Crippen molar-refractivity contribution in [1.29, 1.82) is 0 Å². The van der Waals surface area contributed by atoms with Crippen molar-refractivity contribution in [2.45, 2.75) is 51.9 Å². The smallest absolute Gasteiger partial charge is 0.200 e. The van der Waals surface area contributed by atoms with Gasteiger partial charge in [-0.1, -0.05) is 51.1 Å². The van der Waals surface area contributed by atoms with E-state index < -0.39 is 8.32 Å². The number of ketones is 1. The molecule has 0 radical (unpaired) electrons. The van der Waals surface area contributed by atoms with Crippen LogP contribution in [0.1, 0.15) is 55.3 Å². The summed E-state index contributed by atoms with van der Waals surface area (Å²) in [6, 6.07) is 12.8. The molecule has 2 aromatic carbocycles. The molecule has 0 aliphatic heterocycles. The predicted octanol–water partition coefficient (Wildman–Crippen LogP) is 5.99. The average Bonchev–Trinajstić information content (AvgIpc) is 2.70. The third-order valence-corrected chi connectivity index (χ3v) is 10.2. The van der Waals surface area contributed by atoms with E-state index in [0.717, 1.165) is 5.56 Å². The Labute approximate surface area is 181 Å². The topological polar surface area (TPSA) is 54.0 Å². The number of hydrogen-bond donors (Lipinski definition) is 0. The number of ether oxygens (including phenoxy) is 3. The second-order valence-electron chi connectivity index (χ2n) is 8.83. The van der Waals surface area contributed by atoms with E-state index >= 15 is 0 Å². The fourth-order valence-corrected chi connectivity index (χ4v) is 4.36. The molecule has 0 aromatic heterocycles. The minimum Gasteiger partial charge on any atom is -0.495 e. The van der Waals surface area contributed by atoms with Crippen LogP contribution in [0.2, 0.25) is 18.1 Å². The van der Waals surface area contributed by atoms with E-state index in [0.29, 0.717) is 22.6 Å². The first-order valence-electron chi connectivity index (χ1n) is 10.1. The van der Waals surface area contributed by atoms with Crippen molar-refractivity contribution in [1.82, 2.24) is 0 Å². The predicted molar refractivity (Wildman–Crippen MR) is 122 cm³/mol. The zero-order chi connectivity index (χ0) is 22.5. The van der Waals surface area contributed by atoms with Crippen molar-refractivity contribution in [3.8, 4) is 11.5 Å². The number of carbonyl (C=O) groups is 1. The van der Waals surface area contributed by atoms with Crippen LogP contribution in [0.4, 0.5) is 0 Å². The zero-order valence-corrected chi connectivity index (χ0v) is 20.4. The van der Waals surface area contributed by atoms with Gasteiger partial charge in [-0.3, -0.25) is 4.79 Å². The van der Waals surface area contributed by atoms with E-state index in [2.05, 4.69) is 33.9 Å². The summed E-state index contributed by atoms with van der Waals surface area (Å²) in [4.78, 5) is 13.4. The van der Waals surface area contributed by atoms with E-state index in [1.54, 1.807) is 32.4 Å². The summed E-state index contributed by atoms with van der Waals surface area (Å²) in [6.45, 7) is 13.1. The fraction of sp³-hybridized carbons (Fsp3) is 0.458. The third kappa shape index (κ3) is 5.30. The van der Waals surface area contributed by atoms with Gasteiger partial charge in [0, 0.05) is 18.2 Å². The molecule has 2 rings (SSSR count). The maximum absolute atomic E-state index is 13.4. The van der Waals surface area contributed by atoms with Crippen LogP contribution in [0.15, 0.2) is 42.5 Å². The summed E-state index contributed by atoms with van der Waals surface area (Å²) >= 11 is 0. The normalized spacial score (nSPS) is 13.1. The fourth-order valence-electron chi connectivity index (χ4n) is 2.99. The highest BCUT2D eigenvalue weighted by atomic mass is 28.4. The quantitative estimate of drug-likeness (QED) is 0.278. The second-order valence-corrected chi connectivity index (χ2v) is 13.6. The van der Waals surface area contributed by atoms with Gasteiger partial charge in [0.25, 0.3) is 0 Å². The summed E-state index contributed by atoms with van der Waals surface area (Å²) in [5, 5.41) is 0.0682. The Bertz CT molecular complexity index is 856. The molecule has 1 unspecified atom stereocenters. The molecule has 0 aliphatic carbocycles. The molecule has 0 saturated carbocycles. The zero-order valence-electron chi connectivity index (χ0n) is 19.4. The Hall–Kier alpha value is -2.15. The first kappa shape index (κ1) is 24.1. The molecule has 0 heterocycles. The standard InChI is InChI=1S/C24H34O5Si/c1-17(29-30(7,8)24(2,3)4)19-14-15-20(28-16-26-5)21(23(19)27-6)22(25)18-12-10-9-11-13-18/h9-15,17H,16H2,1-8H3. The molecule has 2 aromatic rings. The molecule has 1 atom stereocenters. The molecule has 0 fully saturated rings. The van der Waals surface area contributed by atoms with E-state index in [-0.39, 0.29) is 23.7 Å². The number of carbonyl (C=O) groups excluding carboxylic acids is 1. The largest absolute Gasteiger partial charge is 0.495 e. The van der Waals surface area contributed by atoms with Gasteiger partial charge >= 0.3 is 0 Å². The Morgan fingerprint density at radius 3 is 2.20 bits per heavy atom. The molecule has 164 valence electrons. The lowest BCUT2D eigenvalue weighted by Gasteiger charge is -2.38. The second kappa shape index (κ2) is 9.77. The van der Waals surface area contributed by atoms with Crippen LogP contribution in [-0.4, -0.2) is 35.1 Å². The SMILES string of the molecule is COCOc1ccc(C(C)O[Si](C)(C)C(C)(C)C)c(OC)c1C(=O)c1ccccc1. The van der Waals surface area contributed by atoms with E-state index in [1.807, 2.05) is 31.2 Å². The van der Waals surface area contributed by atoms with Crippen LogP contribution in [0, 0.1) is 0 Å². The Morgan fingerprint density at radius 2 is 1.67 bits per heavy atom. The van der Waals surface area contributed by atoms with Crippen molar-refractivity contribution in [3.05, 3.63) is 59.2 Å². The van der Waals surface area contributed by atoms with Crippen molar-refractivity contribution in [2.75, 3.05) is 21.0 Å². The van der Waals surface area contributed by atoms with E-state index in [4.69, 9.17) is 18.6 Å². The highest BCUT2D eigenvalue weighted by Crippen LogP contribution is 2.43. The van der Waals surface area contributed by atoms with Crippen molar-refractivity contribution in [2.24, 2.45) is 0 Å². The molecule has 5 nitrogen and oxygen atoms in total. The van der Waals surface area contributed by atoms with Gasteiger partial charge in [0.1, 0.15) is 17.1 Å². The summed E-state index contributed by atoms with van der Waals surface area (Å²) in [5.74, 6) is 0.731. The van der Waals surface area contributed by atoms with Gasteiger partial charge in [0.2, 0.25) is 5.78 Å². The van der Waals surface area contributed by atoms with Gasteiger partial charge in [0.15, 0.2) is 15.1 Å². The van der Waals surface area contributed by atoms with Crippen molar-refractivity contribution in [3.63, 3.8) is 0 Å². The summed E-state index contributed by atoms with van der Waals surface area (Å²) in [6.07, 6.45) is -0.236. The van der Waals surface area contributed by atoms with Gasteiger partial charge in [-0.2, -0.15) is 0 Å². The van der Waals surface area contributed by atoms with Crippen LogP contribution in [0.5, 0.6) is 11.5 Å². The summed E-state index contributed by atoms with van der Waals surface area (Å²) in [7, 11) is 1.09. The van der Waals surface area contributed by atoms with Crippen molar-refractivity contribution >= 4 is 14.1 Å². The van der Waals surface area contributed by atoms with Crippen LogP contribution in [0.25, 0.3) is 0 Å². The Kier molecular flexibility index (Phi) is 7.85. The van der Waals surface area contributed by atoms with Gasteiger partial charge in [-0.05, 0) is 37.2 Å². The summed E-state index contributed by atoms with van der Waals surface area (Å²) < 4.78 is 23.1. The maximum Gasteiger partial charge on any atom is 0.200 e.